The molecule has 92 valence electrons. The van der Waals surface area contributed by atoms with Gasteiger partial charge in [-0.1, -0.05) is 0 Å². The van der Waals surface area contributed by atoms with Crippen molar-refractivity contribution in [3.8, 4) is 0 Å². The molecular weight excluding hydrogens is 242 g/mol. The van der Waals surface area contributed by atoms with Crippen LogP contribution in [0.1, 0.15) is 0 Å². The standard InChI is InChI=1S/C7H17N3O3S.ClH/c1-9-7(5-8)6-10(3-4-13-7)14(2,11)12;/h9H,3-6,8H2,1-2H3;1H/t7-;/m1./s1. The van der Waals surface area contributed by atoms with Crippen LogP contribution in [0.2, 0.25) is 0 Å². The summed E-state index contributed by atoms with van der Waals surface area (Å²) in [5, 5.41) is 2.92. The molecule has 0 bridgehead atoms. The maximum Gasteiger partial charge on any atom is 0.211 e. The van der Waals surface area contributed by atoms with Gasteiger partial charge in [0.15, 0.2) is 0 Å². The third-order valence-electron chi connectivity index (χ3n) is 2.41. The smallest absolute Gasteiger partial charge is 0.211 e. The van der Waals surface area contributed by atoms with E-state index >= 15 is 0 Å². The summed E-state index contributed by atoms with van der Waals surface area (Å²) >= 11 is 0. The van der Waals surface area contributed by atoms with Crippen molar-refractivity contribution in [3.63, 3.8) is 0 Å². The maximum atomic E-state index is 11.3. The van der Waals surface area contributed by atoms with E-state index < -0.39 is 15.7 Å². The van der Waals surface area contributed by atoms with E-state index in [2.05, 4.69) is 5.32 Å². The van der Waals surface area contributed by atoms with Crippen molar-refractivity contribution in [1.29, 1.82) is 0 Å². The summed E-state index contributed by atoms with van der Waals surface area (Å²) in [4.78, 5) is 0. The van der Waals surface area contributed by atoms with Crippen LogP contribution in [0.15, 0.2) is 0 Å². The molecule has 1 fully saturated rings. The summed E-state index contributed by atoms with van der Waals surface area (Å²) in [6.45, 7) is 1.27. The number of rotatable bonds is 3. The fourth-order valence-electron chi connectivity index (χ4n) is 1.41. The summed E-state index contributed by atoms with van der Waals surface area (Å²) in [6.07, 6.45) is 1.19. The molecular formula is C7H18ClN3O3S. The predicted octanol–water partition coefficient (Wildman–Crippen LogP) is -1.43. The lowest BCUT2D eigenvalue weighted by molar-refractivity contribution is -0.1000. The van der Waals surface area contributed by atoms with Crippen molar-refractivity contribution in [3.05, 3.63) is 0 Å². The Bertz CT molecular complexity index is 292. The molecule has 0 aromatic heterocycles. The third kappa shape index (κ3) is 3.54. The van der Waals surface area contributed by atoms with Crippen molar-refractivity contribution in [1.82, 2.24) is 9.62 Å². The molecule has 8 heteroatoms. The first-order valence-electron chi connectivity index (χ1n) is 4.41. The predicted molar refractivity (Wildman–Crippen MR) is 60.5 cm³/mol. The monoisotopic (exact) mass is 259 g/mol. The third-order valence-corrected chi connectivity index (χ3v) is 3.65. The highest BCUT2D eigenvalue weighted by atomic mass is 35.5. The van der Waals surface area contributed by atoms with E-state index in [9.17, 15) is 8.42 Å². The average Bonchev–Trinajstić information content (AvgIpc) is 2.16. The average molecular weight is 260 g/mol. The molecule has 1 aliphatic heterocycles. The largest absolute Gasteiger partial charge is 0.357 e. The topological polar surface area (TPSA) is 84.7 Å². The lowest BCUT2D eigenvalue weighted by Crippen LogP contribution is -2.63. The Kier molecular flexibility index (Phi) is 5.45. The number of nitrogens with one attached hydrogen (secondary N) is 1. The Morgan fingerprint density at radius 1 is 1.60 bits per heavy atom. The van der Waals surface area contributed by atoms with Gasteiger partial charge in [0.05, 0.1) is 19.4 Å². The highest BCUT2D eigenvalue weighted by Gasteiger charge is 2.37. The van der Waals surface area contributed by atoms with Gasteiger partial charge in [-0.3, -0.25) is 5.32 Å². The van der Waals surface area contributed by atoms with Gasteiger partial charge >= 0.3 is 0 Å². The number of likely N-dealkylation sites (N-methyl/N-ethyl adjacent to an activating group) is 1. The lowest BCUT2D eigenvalue weighted by atomic mass is 10.2. The van der Waals surface area contributed by atoms with E-state index in [1.165, 1.54) is 10.6 Å². The Hall–Kier alpha value is 0.0800. The minimum atomic E-state index is -3.16. The first-order chi connectivity index (χ1) is 6.43. The molecule has 0 spiro atoms. The molecule has 6 nitrogen and oxygen atoms in total. The van der Waals surface area contributed by atoms with Gasteiger partial charge in [-0.2, -0.15) is 4.31 Å². The van der Waals surface area contributed by atoms with E-state index in [1.807, 2.05) is 0 Å². The van der Waals surface area contributed by atoms with Crippen LogP contribution in [0.5, 0.6) is 0 Å². The highest BCUT2D eigenvalue weighted by Crippen LogP contribution is 2.15. The molecule has 0 radical (unpaired) electrons. The Balaban J connectivity index is 0.00000196. The van der Waals surface area contributed by atoms with Gasteiger partial charge in [0.25, 0.3) is 0 Å². The molecule has 0 aliphatic carbocycles. The zero-order chi connectivity index (χ0) is 10.8. The van der Waals surface area contributed by atoms with Crippen LogP contribution >= 0.6 is 12.4 Å². The van der Waals surface area contributed by atoms with Crippen molar-refractivity contribution >= 4 is 22.4 Å². The second kappa shape index (κ2) is 5.42. The van der Waals surface area contributed by atoms with Gasteiger partial charge < -0.3 is 10.5 Å². The SMILES string of the molecule is CN[C@@]1(CN)CN(S(C)(=O)=O)CCO1.Cl. The normalized spacial score (nSPS) is 28.5. The van der Waals surface area contributed by atoms with Gasteiger partial charge in [-0.25, -0.2) is 8.42 Å². The van der Waals surface area contributed by atoms with E-state index in [4.69, 9.17) is 10.5 Å². The molecule has 0 unspecified atom stereocenters. The molecule has 1 saturated heterocycles. The molecule has 1 aliphatic rings. The van der Waals surface area contributed by atoms with Crippen LogP contribution in [0, 0.1) is 0 Å². The fraction of sp³-hybridized carbons (Fsp3) is 1.00. The van der Waals surface area contributed by atoms with E-state index in [0.717, 1.165) is 0 Å². The molecule has 0 aromatic rings. The molecule has 15 heavy (non-hydrogen) atoms. The molecule has 1 atom stereocenters. The molecule has 0 amide bonds. The number of morpholine rings is 1. The molecule has 0 aromatic carbocycles. The summed E-state index contributed by atoms with van der Waals surface area (Å²) in [5.74, 6) is 0. The molecule has 0 saturated carbocycles. The number of sulfonamides is 1. The zero-order valence-corrected chi connectivity index (χ0v) is 10.5. The highest BCUT2D eigenvalue weighted by molar-refractivity contribution is 7.88. The number of ether oxygens (including phenoxy) is 1. The van der Waals surface area contributed by atoms with E-state index in [1.54, 1.807) is 7.05 Å². The second-order valence-electron chi connectivity index (χ2n) is 3.39. The van der Waals surface area contributed by atoms with Crippen LogP contribution in [0.3, 0.4) is 0 Å². The summed E-state index contributed by atoms with van der Waals surface area (Å²) in [7, 11) is -1.45. The second-order valence-corrected chi connectivity index (χ2v) is 5.38. The number of halogens is 1. The lowest BCUT2D eigenvalue weighted by Gasteiger charge is -2.40. The first kappa shape index (κ1) is 15.1. The number of hydrogen-bond acceptors (Lipinski definition) is 5. The zero-order valence-electron chi connectivity index (χ0n) is 8.89. The van der Waals surface area contributed by atoms with Crippen molar-refractivity contribution in [2.24, 2.45) is 5.73 Å². The van der Waals surface area contributed by atoms with Crippen LogP contribution in [0.4, 0.5) is 0 Å². The Labute approximate surface area is 96.6 Å². The number of hydrogen-bond donors (Lipinski definition) is 2. The minimum Gasteiger partial charge on any atom is -0.357 e. The fourth-order valence-corrected chi connectivity index (χ4v) is 2.26. The van der Waals surface area contributed by atoms with Gasteiger partial charge in [-0.05, 0) is 7.05 Å². The van der Waals surface area contributed by atoms with Gasteiger partial charge in [0.1, 0.15) is 5.72 Å². The minimum absolute atomic E-state index is 0. The van der Waals surface area contributed by atoms with Crippen molar-refractivity contribution < 1.29 is 13.2 Å². The maximum absolute atomic E-state index is 11.3. The quantitative estimate of drug-likeness (QED) is 0.650. The van der Waals surface area contributed by atoms with Crippen molar-refractivity contribution in [2.75, 3.05) is 39.5 Å². The number of nitrogens with two attached hydrogens (primary N) is 1. The Morgan fingerprint density at radius 3 is 2.60 bits per heavy atom. The Morgan fingerprint density at radius 2 is 2.20 bits per heavy atom. The van der Waals surface area contributed by atoms with Crippen LogP contribution in [-0.4, -0.2) is 58.0 Å². The van der Waals surface area contributed by atoms with Crippen LogP contribution in [-0.2, 0) is 14.8 Å². The summed E-state index contributed by atoms with van der Waals surface area (Å²) in [5.41, 5.74) is 4.81. The van der Waals surface area contributed by atoms with E-state index in [0.29, 0.717) is 13.2 Å². The molecule has 3 N–H and O–H groups in total. The van der Waals surface area contributed by atoms with Crippen LogP contribution in [0.25, 0.3) is 0 Å². The summed E-state index contributed by atoms with van der Waals surface area (Å²) in [6, 6.07) is 0. The summed E-state index contributed by atoms with van der Waals surface area (Å²) < 4.78 is 29.4. The van der Waals surface area contributed by atoms with Gasteiger partial charge in [0, 0.05) is 13.1 Å². The molecule has 1 rings (SSSR count). The molecule has 1 heterocycles. The first-order valence-corrected chi connectivity index (χ1v) is 6.26. The van der Waals surface area contributed by atoms with Crippen molar-refractivity contribution in [2.45, 2.75) is 5.72 Å². The van der Waals surface area contributed by atoms with E-state index in [-0.39, 0.29) is 25.5 Å². The van der Waals surface area contributed by atoms with Gasteiger partial charge in [0.2, 0.25) is 10.0 Å². The van der Waals surface area contributed by atoms with Crippen LogP contribution < -0.4 is 11.1 Å². The number of nitrogens with zero attached hydrogens (tertiary/aromatic N) is 1. The van der Waals surface area contributed by atoms with Gasteiger partial charge in [-0.15, -0.1) is 12.4 Å².